The average molecular weight is 264 g/mol. The predicted octanol–water partition coefficient (Wildman–Crippen LogP) is 2.00. The minimum absolute atomic E-state index is 0.00720. The van der Waals surface area contributed by atoms with Crippen molar-refractivity contribution in [3.05, 3.63) is 11.6 Å². The molecule has 2 unspecified atom stereocenters. The van der Waals surface area contributed by atoms with Crippen LogP contribution in [0.1, 0.15) is 52.4 Å². The van der Waals surface area contributed by atoms with Crippen LogP contribution in [0.4, 0.5) is 0 Å². The van der Waals surface area contributed by atoms with Crippen LogP contribution in [0.2, 0.25) is 0 Å². The van der Waals surface area contributed by atoms with Gasteiger partial charge in [0, 0.05) is 6.54 Å². The molecule has 1 heterocycles. The number of allylic oxidation sites excluding steroid dienone is 1. The topological polar surface area (TPSA) is 49.4 Å². The highest BCUT2D eigenvalue weighted by atomic mass is 16.2. The van der Waals surface area contributed by atoms with E-state index in [1.165, 1.54) is 18.4 Å². The third-order valence-corrected chi connectivity index (χ3v) is 4.14. The zero-order chi connectivity index (χ0) is 13.8. The van der Waals surface area contributed by atoms with Crippen LogP contribution in [0, 0.1) is 0 Å². The summed E-state index contributed by atoms with van der Waals surface area (Å²) >= 11 is 0. The molecule has 0 aromatic rings. The van der Waals surface area contributed by atoms with Crippen molar-refractivity contribution in [3.63, 3.8) is 0 Å². The Hall–Kier alpha value is -1.32. The summed E-state index contributed by atoms with van der Waals surface area (Å²) in [6.07, 6.45) is 8.77. The molecule has 4 heteroatoms. The molecule has 2 atom stereocenters. The van der Waals surface area contributed by atoms with Gasteiger partial charge in [0.2, 0.25) is 11.8 Å². The Labute approximate surface area is 115 Å². The first-order valence-electron chi connectivity index (χ1n) is 7.42. The highest BCUT2D eigenvalue weighted by molar-refractivity contribution is 5.96. The van der Waals surface area contributed by atoms with E-state index >= 15 is 0 Å². The van der Waals surface area contributed by atoms with Gasteiger partial charge in [0.05, 0.1) is 0 Å². The van der Waals surface area contributed by atoms with E-state index in [-0.39, 0.29) is 23.9 Å². The second kappa shape index (κ2) is 6.22. The van der Waals surface area contributed by atoms with Gasteiger partial charge in [-0.05, 0) is 45.4 Å². The maximum atomic E-state index is 12.2. The standard InChI is InChI=1S/C15H24N2O2/c1-3-13-14(18)16-11(2)15(19)17(13)10-9-12-7-5-4-6-8-12/h7,11,13H,3-6,8-10H2,1-2H3,(H,16,18). The van der Waals surface area contributed by atoms with Crippen LogP contribution < -0.4 is 5.32 Å². The molecule has 1 aliphatic heterocycles. The van der Waals surface area contributed by atoms with Gasteiger partial charge in [0.1, 0.15) is 12.1 Å². The van der Waals surface area contributed by atoms with Crippen molar-refractivity contribution in [1.82, 2.24) is 10.2 Å². The van der Waals surface area contributed by atoms with Crippen molar-refractivity contribution < 1.29 is 9.59 Å². The van der Waals surface area contributed by atoms with E-state index in [0.717, 1.165) is 19.3 Å². The number of carbonyl (C=O) groups is 2. The van der Waals surface area contributed by atoms with Gasteiger partial charge in [-0.1, -0.05) is 18.6 Å². The van der Waals surface area contributed by atoms with Crippen LogP contribution >= 0.6 is 0 Å². The van der Waals surface area contributed by atoms with Crippen molar-refractivity contribution in [2.24, 2.45) is 0 Å². The maximum absolute atomic E-state index is 12.2. The Morgan fingerprint density at radius 3 is 2.79 bits per heavy atom. The van der Waals surface area contributed by atoms with Crippen LogP contribution in [-0.4, -0.2) is 35.3 Å². The van der Waals surface area contributed by atoms with E-state index in [9.17, 15) is 9.59 Å². The number of nitrogens with zero attached hydrogens (tertiary/aromatic N) is 1. The van der Waals surface area contributed by atoms with Gasteiger partial charge < -0.3 is 10.2 Å². The van der Waals surface area contributed by atoms with Gasteiger partial charge in [-0.25, -0.2) is 0 Å². The first kappa shape index (κ1) is 14.1. The molecule has 0 spiro atoms. The Morgan fingerprint density at radius 2 is 2.16 bits per heavy atom. The zero-order valence-electron chi connectivity index (χ0n) is 11.9. The number of carbonyl (C=O) groups excluding carboxylic acids is 2. The molecule has 4 nitrogen and oxygen atoms in total. The fourth-order valence-electron chi connectivity index (χ4n) is 2.98. The lowest BCUT2D eigenvalue weighted by atomic mass is 9.96. The monoisotopic (exact) mass is 264 g/mol. The molecule has 2 rings (SSSR count). The Kier molecular flexibility index (Phi) is 4.61. The lowest BCUT2D eigenvalue weighted by molar-refractivity contribution is -0.148. The third kappa shape index (κ3) is 3.17. The summed E-state index contributed by atoms with van der Waals surface area (Å²) in [4.78, 5) is 25.9. The van der Waals surface area contributed by atoms with E-state index in [4.69, 9.17) is 0 Å². The second-order valence-corrected chi connectivity index (χ2v) is 5.54. The molecule has 1 aliphatic carbocycles. The SMILES string of the molecule is CCC1C(=O)NC(C)C(=O)N1CCC1=CCCCC1. The molecule has 2 amide bonds. The number of rotatable bonds is 4. The molecular formula is C15H24N2O2. The third-order valence-electron chi connectivity index (χ3n) is 4.14. The largest absolute Gasteiger partial charge is 0.343 e. The molecule has 0 radical (unpaired) electrons. The van der Waals surface area contributed by atoms with Gasteiger partial charge in [-0.2, -0.15) is 0 Å². The lowest BCUT2D eigenvalue weighted by Crippen LogP contribution is -2.62. The summed E-state index contributed by atoms with van der Waals surface area (Å²) in [6, 6.07) is -0.663. The van der Waals surface area contributed by atoms with E-state index in [1.807, 2.05) is 6.92 Å². The van der Waals surface area contributed by atoms with Gasteiger partial charge in [0.15, 0.2) is 0 Å². The smallest absolute Gasteiger partial charge is 0.245 e. The van der Waals surface area contributed by atoms with Crippen molar-refractivity contribution in [1.29, 1.82) is 0 Å². The van der Waals surface area contributed by atoms with Crippen LogP contribution in [0.15, 0.2) is 11.6 Å². The second-order valence-electron chi connectivity index (χ2n) is 5.54. The van der Waals surface area contributed by atoms with E-state index in [2.05, 4.69) is 11.4 Å². The minimum atomic E-state index is -0.379. The van der Waals surface area contributed by atoms with Crippen molar-refractivity contribution in [2.75, 3.05) is 6.54 Å². The first-order valence-corrected chi connectivity index (χ1v) is 7.42. The van der Waals surface area contributed by atoms with Crippen LogP contribution in [0.3, 0.4) is 0 Å². The van der Waals surface area contributed by atoms with E-state index in [1.54, 1.807) is 11.8 Å². The Morgan fingerprint density at radius 1 is 1.37 bits per heavy atom. The van der Waals surface area contributed by atoms with Crippen molar-refractivity contribution >= 4 is 11.8 Å². The molecule has 1 N–H and O–H groups in total. The molecule has 2 aliphatic rings. The lowest BCUT2D eigenvalue weighted by Gasteiger charge is -2.37. The number of piperazine rings is 1. The molecule has 1 fully saturated rings. The van der Waals surface area contributed by atoms with Gasteiger partial charge >= 0.3 is 0 Å². The molecular weight excluding hydrogens is 240 g/mol. The molecule has 19 heavy (non-hydrogen) atoms. The molecule has 0 aromatic carbocycles. The van der Waals surface area contributed by atoms with Crippen molar-refractivity contribution in [3.8, 4) is 0 Å². The van der Waals surface area contributed by atoms with Crippen LogP contribution in [-0.2, 0) is 9.59 Å². The summed E-state index contributed by atoms with van der Waals surface area (Å²) in [5.41, 5.74) is 1.45. The van der Waals surface area contributed by atoms with Crippen LogP contribution in [0.25, 0.3) is 0 Å². The predicted molar refractivity (Wildman–Crippen MR) is 74.6 cm³/mol. The fraction of sp³-hybridized carbons (Fsp3) is 0.733. The zero-order valence-corrected chi connectivity index (χ0v) is 11.9. The van der Waals surface area contributed by atoms with Gasteiger partial charge in [-0.3, -0.25) is 9.59 Å². The first-order chi connectivity index (χ1) is 9.13. The summed E-state index contributed by atoms with van der Waals surface area (Å²) in [6.45, 7) is 4.40. The van der Waals surface area contributed by atoms with E-state index in [0.29, 0.717) is 13.0 Å². The highest BCUT2D eigenvalue weighted by Crippen LogP contribution is 2.22. The summed E-state index contributed by atoms with van der Waals surface area (Å²) < 4.78 is 0. The molecule has 106 valence electrons. The van der Waals surface area contributed by atoms with Gasteiger partial charge in [0.25, 0.3) is 0 Å². The molecule has 0 bridgehead atoms. The number of amides is 2. The quantitative estimate of drug-likeness (QED) is 0.790. The fourth-order valence-corrected chi connectivity index (χ4v) is 2.98. The summed E-state index contributed by atoms with van der Waals surface area (Å²) in [5.74, 6) is 0.0510. The summed E-state index contributed by atoms with van der Waals surface area (Å²) in [5, 5.41) is 2.75. The Bertz CT molecular complexity index is 390. The normalized spacial score (nSPS) is 28.1. The number of nitrogens with one attached hydrogen (secondary N) is 1. The number of hydrogen-bond donors (Lipinski definition) is 1. The maximum Gasteiger partial charge on any atom is 0.245 e. The molecule has 1 saturated heterocycles. The summed E-state index contributed by atoms with van der Waals surface area (Å²) in [7, 11) is 0. The van der Waals surface area contributed by atoms with Crippen LogP contribution in [0.5, 0.6) is 0 Å². The minimum Gasteiger partial charge on any atom is -0.343 e. The van der Waals surface area contributed by atoms with Crippen molar-refractivity contribution in [2.45, 2.75) is 64.5 Å². The van der Waals surface area contributed by atoms with Gasteiger partial charge in [-0.15, -0.1) is 0 Å². The Balaban J connectivity index is 2.00. The number of hydrogen-bond acceptors (Lipinski definition) is 2. The highest BCUT2D eigenvalue weighted by Gasteiger charge is 2.36. The average Bonchev–Trinajstić information content (AvgIpc) is 2.42. The molecule has 0 saturated carbocycles. The molecule has 0 aromatic heterocycles. The van der Waals surface area contributed by atoms with E-state index < -0.39 is 0 Å².